The van der Waals surface area contributed by atoms with Crippen LogP contribution in [-0.4, -0.2) is 24.2 Å². The minimum Gasteiger partial charge on any atom is -0.375 e. The smallest absolute Gasteiger partial charge is 0.256 e. The van der Waals surface area contributed by atoms with Crippen molar-refractivity contribution >= 4 is 17.5 Å². The standard InChI is InChI=1S/C14H10ClFN2O2/c1-20-8-13(19)18-6-9(5-17)11(7-18)10-3-2-4-12(15)14(10)16/h2-4,6-7H,8H2,1H3. The predicted molar refractivity (Wildman–Crippen MR) is 72.1 cm³/mol. The lowest BCUT2D eigenvalue weighted by Crippen LogP contribution is -2.14. The second-order valence-electron chi connectivity index (χ2n) is 4.03. The van der Waals surface area contributed by atoms with Gasteiger partial charge in [-0.3, -0.25) is 9.36 Å². The summed E-state index contributed by atoms with van der Waals surface area (Å²) < 4.78 is 19.9. The Hall–Kier alpha value is -2.16. The summed E-state index contributed by atoms with van der Waals surface area (Å²) in [7, 11) is 1.39. The van der Waals surface area contributed by atoms with Crippen LogP contribution in [0.5, 0.6) is 0 Å². The van der Waals surface area contributed by atoms with Crippen molar-refractivity contribution in [2.24, 2.45) is 0 Å². The van der Waals surface area contributed by atoms with Crippen molar-refractivity contribution in [3.63, 3.8) is 0 Å². The number of ether oxygens (including phenoxy) is 1. The van der Waals surface area contributed by atoms with Gasteiger partial charge in [-0.1, -0.05) is 23.7 Å². The van der Waals surface area contributed by atoms with Gasteiger partial charge in [-0.25, -0.2) is 4.39 Å². The van der Waals surface area contributed by atoms with Crippen LogP contribution in [0.4, 0.5) is 4.39 Å². The van der Waals surface area contributed by atoms with Gasteiger partial charge in [0.25, 0.3) is 5.91 Å². The third-order valence-electron chi connectivity index (χ3n) is 2.74. The number of halogens is 2. The molecular weight excluding hydrogens is 283 g/mol. The summed E-state index contributed by atoms with van der Waals surface area (Å²) in [6, 6.07) is 6.43. The van der Waals surface area contributed by atoms with Crippen LogP contribution in [-0.2, 0) is 4.74 Å². The third kappa shape index (κ3) is 2.57. The van der Waals surface area contributed by atoms with E-state index in [2.05, 4.69) is 0 Å². The minimum atomic E-state index is -0.623. The van der Waals surface area contributed by atoms with Crippen molar-refractivity contribution < 1.29 is 13.9 Å². The number of nitriles is 1. The van der Waals surface area contributed by atoms with E-state index in [1.807, 2.05) is 6.07 Å². The van der Waals surface area contributed by atoms with Gasteiger partial charge in [0.15, 0.2) is 0 Å². The highest BCUT2D eigenvalue weighted by Crippen LogP contribution is 2.30. The Morgan fingerprint density at radius 2 is 2.20 bits per heavy atom. The molecule has 0 saturated heterocycles. The molecular formula is C14H10ClFN2O2. The quantitative estimate of drug-likeness (QED) is 0.873. The molecule has 4 nitrogen and oxygen atoms in total. The average Bonchev–Trinajstić information content (AvgIpc) is 2.86. The summed E-state index contributed by atoms with van der Waals surface area (Å²) in [6.07, 6.45) is 2.74. The van der Waals surface area contributed by atoms with Crippen LogP contribution in [0.2, 0.25) is 5.02 Å². The van der Waals surface area contributed by atoms with Crippen molar-refractivity contribution in [3.8, 4) is 17.2 Å². The van der Waals surface area contributed by atoms with E-state index in [0.29, 0.717) is 5.56 Å². The van der Waals surface area contributed by atoms with Gasteiger partial charge in [0, 0.05) is 30.6 Å². The predicted octanol–water partition coefficient (Wildman–Crippen LogP) is 3.11. The molecule has 2 aromatic rings. The first-order valence-electron chi connectivity index (χ1n) is 5.67. The molecule has 0 amide bonds. The van der Waals surface area contributed by atoms with Crippen molar-refractivity contribution in [3.05, 3.63) is 47.0 Å². The molecule has 1 heterocycles. The average molecular weight is 293 g/mol. The Balaban J connectivity index is 2.54. The molecule has 1 aromatic carbocycles. The molecule has 0 radical (unpaired) electrons. The van der Waals surface area contributed by atoms with Crippen molar-refractivity contribution in [2.45, 2.75) is 0 Å². The number of nitrogens with zero attached hydrogens (tertiary/aromatic N) is 2. The molecule has 0 atom stereocenters. The first-order chi connectivity index (χ1) is 9.58. The van der Waals surface area contributed by atoms with E-state index in [9.17, 15) is 9.18 Å². The third-order valence-corrected chi connectivity index (χ3v) is 3.04. The fraction of sp³-hybridized carbons (Fsp3) is 0.143. The molecule has 6 heteroatoms. The number of hydrogen-bond donors (Lipinski definition) is 0. The number of benzene rings is 1. The lowest BCUT2D eigenvalue weighted by Gasteiger charge is -2.03. The minimum absolute atomic E-state index is 0.0395. The van der Waals surface area contributed by atoms with Crippen LogP contribution in [0.3, 0.4) is 0 Å². The molecule has 0 N–H and O–H groups in total. The van der Waals surface area contributed by atoms with Crippen molar-refractivity contribution in [1.82, 2.24) is 4.57 Å². The van der Waals surface area contributed by atoms with Gasteiger partial charge in [0.2, 0.25) is 0 Å². The Kier molecular flexibility index (Phi) is 4.18. The van der Waals surface area contributed by atoms with Crippen LogP contribution in [0.15, 0.2) is 30.6 Å². The zero-order valence-corrected chi connectivity index (χ0v) is 11.3. The molecule has 0 spiro atoms. The number of rotatable bonds is 3. The number of hydrogen-bond acceptors (Lipinski definition) is 3. The summed E-state index contributed by atoms with van der Waals surface area (Å²) >= 11 is 5.73. The molecule has 0 aliphatic rings. The highest BCUT2D eigenvalue weighted by molar-refractivity contribution is 6.31. The Bertz CT molecular complexity index is 704. The van der Waals surface area contributed by atoms with E-state index < -0.39 is 5.82 Å². The highest BCUT2D eigenvalue weighted by atomic mass is 35.5. The summed E-state index contributed by atoms with van der Waals surface area (Å²) in [5, 5.41) is 9.06. The Morgan fingerprint density at radius 3 is 2.85 bits per heavy atom. The molecule has 0 fully saturated rings. The Morgan fingerprint density at radius 1 is 1.45 bits per heavy atom. The van der Waals surface area contributed by atoms with Gasteiger partial charge in [-0.15, -0.1) is 0 Å². The first kappa shape index (κ1) is 14.3. The van der Waals surface area contributed by atoms with Gasteiger partial charge in [-0.2, -0.15) is 5.26 Å². The number of aromatic nitrogens is 1. The van der Waals surface area contributed by atoms with Crippen molar-refractivity contribution in [1.29, 1.82) is 5.26 Å². The van der Waals surface area contributed by atoms with E-state index >= 15 is 0 Å². The van der Waals surface area contributed by atoms with E-state index in [1.165, 1.54) is 36.2 Å². The van der Waals surface area contributed by atoms with Gasteiger partial charge in [-0.05, 0) is 6.07 Å². The van der Waals surface area contributed by atoms with Gasteiger partial charge in [0.1, 0.15) is 18.5 Å². The van der Waals surface area contributed by atoms with Crippen LogP contribution < -0.4 is 0 Å². The van der Waals surface area contributed by atoms with E-state index in [0.717, 1.165) is 0 Å². The SMILES string of the molecule is COCC(=O)n1cc(C#N)c(-c2cccc(Cl)c2F)c1. The van der Waals surface area contributed by atoms with E-state index in [4.69, 9.17) is 21.6 Å². The largest absolute Gasteiger partial charge is 0.375 e. The molecule has 0 saturated carbocycles. The molecule has 0 aliphatic heterocycles. The second-order valence-corrected chi connectivity index (χ2v) is 4.44. The number of carbonyl (C=O) groups excluding carboxylic acids is 1. The summed E-state index contributed by atoms with van der Waals surface area (Å²) in [5.74, 6) is -0.972. The maximum Gasteiger partial charge on any atom is 0.256 e. The molecule has 0 aliphatic carbocycles. The van der Waals surface area contributed by atoms with E-state index in [1.54, 1.807) is 6.07 Å². The topological polar surface area (TPSA) is 55.0 Å². The van der Waals surface area contributed by atoms with Crippen LogP contribution >= 0.6 is 11.6 Å². The van der Waals surface area contributed by atoms with Gasteiger partial charge >= 0.3 is 0 Å². The lowest BCUT2D eigenvalue weighted by atomic mass is 10.1. The summed E-state index contributed by atoms with van der Waals surface area (Å²) in [6.45, 7) is -0.128. The van der Waals surface area contributed by atoms with Crippen LogP contribution in [0.1, 0.15) is 10.4 Å². The second kappa shape index (κ2) is 5.87. The van der Waals surface area contributed by atoms with E-state index in [-0.39, 0.29) is 28.7 Å². The maximum absolute atomic E-state index is 14.0. The molecule has 20 heavy (non-hydrogen) atoms. The Labute approximate surface area is 120 Å². The molecule has 2 rings (SSSR count). The molecule has 1 aromatic heterocycles. The van der Waals surface area contributed by atoms with Gasteiger partial charge < -0.3 is 4.74 Å². The zero-order valence-electron chi connectivity index (χ0n) is 10.6. The number of methoxy groups -OCH3 is 1. The lowest BCUT2D eigenvalue weighted by molar-refractivity contribution is 0.0762. The molecule has 102 valence electrons. The highest BCUT2D eigenvalue weighted by Gasteiger charge is 2.16. The summed E-state index contributed by atoms with van der Waals surface area (Å²) in [4.78, 5) is 11.7. The van der Waals surface area contributed by atoms with Crippen molar-refractivity contribution in [2.75, 3.05) is 13.7 Å². The van der Waals surface area contributed by atoms with Crippen LogP contribution in [0, 0.1) is 17.1 Å². The molecule has 0 unspecified atom stereocenters. The normalized spacial score (nSPS) is 10.3. The fourth-order valence-electron chi connectivity index (χ4n) is 1.81. The zero-order chi connectivity index (χ0) is 14.7. The maximum atomic E-state index is 14.0. The van der Waals surface area contributed by atoms with Gasteiger partial charge in [0.05, 0.1) is 10.6 Å². The summed E-state index contributed by atoms with van der Waals surface area (Å²) in [5.41, 5.74) is 0.686. The van der Waals surface area contributed by atoms with Crippen LogP contribution in [0.25, 0.3) is 11.1 Å². The first-order valence-corrected chi connectivity index (χ1v) is 6.05. The monoisotopic (exact) mass is 292 g/mol. The fourth-order valence-corrected chi connectivity index (χ4v) is 1.99. The molecule has 0 bridgehead atoms. The number of carbonyl (C=O) groups is 1.